The molecule has 0 aliphatic carbocycles. The van der Waals surface area contributed by atoms with Crippen molar-refractivity contribution in [2.24, 2.45) is 0 Å². The molecule has 0 saturated heterocycles. The number of carbonyl (C=O) groups excluding carboxylic acids is 1. The van der Waals surface area contributed by atoms with Gasteiger partial charge in [0.1, 0.15) is 6.33 Å². The largest absolute Gasteiger partial charge is 0.336 e. The molecule has 2 aromatic heterocycles. The molecule has 2 aliphatic heterocycles. The summed E-state index contributed by atoms with van der Waals surface area (Å²) >= 11 is 6.36. The Morgan fingerprint density at radius 2 is 1.84 bits per heavy atom. The van der Waals surface area contributed by atoms with Crippen LogP contribution in [0.15, 0.2) is 53.3 Å². The van der Waals surface area contributed by atoms with Crippen molar-refractivity contribution in [1.29, 1.82) is 0 Å². The first-order chi connectivity index (χ1) is 15.6. The van der Waals surface area contributed by atoms with Crippen molar-refractivity contribution in [1.82, 2.24) is 29.5 Å². The Kier molecular flexibility index (Phi) is 4.38. The van der Waals surface area contributed by atoms with Crippen LogP contribution in [0.4, 0.5) is 0 Å². The van der Waals surface area contributed by atoms with E-state index in [2.05, 4.69) is 44.3 Å². The molecule has 32 heavy (non-hydrogen) atoms. The SMILES string of the molecule is CN1Cc2c(-c3nc(CN4Cc5ccccc5C4)no3)ncn2-c2cccc(Cl)c2C1=O. The van der Waals surface area contributed by atoms with Gasteiger partial charge in [-0.2, -0.15) is 4.98 Å². The Morgan fingerprint density at radius 3 is 2.62 bits per heavy atom. The van der Waals surface area contributed by atoms with Crippen LogP contribution >= 0.6 is 11.6 Å². The number of hydrogen-bond donors (Lipinski definition) is 0. The number of benzene rings is 2. The van der Waals surface area contributed by atoms with Crippen LogP contribution in [0.3, 0.4) is 0 Å². The molecule has 0 spiro atoms. The van der Waals surface area contributed by atoms with E-state index in [9.17, 15) is 4.79 Å². The molecular weight excluding hydrogens is 428 g/mol. The second-order valence-corrected chi connectivity index (χ2v) is 8.54. The Hall–Kier alpha value is -3.49. The number of fused-ring (bicyclic) bond motifs is 4. The fourth-order valence-electron chi connectivity index (χ4n) is 4.45. The molecule has 2 aromatic carbocycles. The normalized spacial score (nSPS) is 15.4. The number of aromatic nitrogens is 4. The molecule has 160 valence electrons. The summed E-state index contributed by atoms with van der Waals surface area (Å²) in [6.45, 7) is 2.66. The van der Waals surface area contributed by atoms with Crippen LogP contribution in [-0.4, -0.2) is 42.4 Å². The standard InChI is InChI=1S/C23H19ClN6O2/c1-28-11-18-21(25-13-30(18)17-8-4-7-16(24)20(17)23(28)31)22-26-19(27-32-22)12-29-9-14-5-2-3-6-15(14)10-29/h2-8,13H,9-12H2,1H3. The summed E-state index contributed by atoms with van der Waals surface area (Å²) in [6.07, 6.45) is 1.67. The van der Waals surface area contributed by atoms with E-state index >= 15 is 0 Å². The highest BCUT2D eigenvalue weighted by atomic mass is 35.5. The van der Waals surface area contributed by atoms with Gasteiger partial charge in [0.05, 0.1) is 35.1 Å². The Bertz CT molecular complexity index is 1340. The molecule has 1 amide bonds. The van der Waals surface area contributed by atoms with Gasteiger partial charge in [0.15, 0.2) is 11.5 Å². The van der Waals surface area contributed by atoms with E-state index in [1.807, 2.05) is 16.7 Å². The summed E-state index contributed by atoms with van der Waals surface area (Å²) in [4.78, 5) is 26.0. The van der Waals surface area contributed by atoms with E-state index in [4.69, 9.17) is 16.1 Å². The average molecular weight is 447 g/mol. The predicted molar refractivity (Wildman–Crippen MR) is 117 cm³/mol. The molecule has 0 unspecified atom stereocenters. The zero-order valence-electron chi connectivity index (χ0n) is 17.3. The summed E-state index contributed by atoms with van der Waals surface area (Å²) in [5.41, 5.74) is 5.18. The number of halogens is 1. The predicted octanol–water partition coefficient (Wildman–Crippen LogP) is 3.68. The molecular formula is C23H19ClN6O2. The average Bonchev–Trinajstić information content (AvgIpc) is 3.49. The minimum absolute atomic E-state index is 0.139. The quantitative estimate of drug-likeness (QED) is 0.477. The van der Waals surface area contributed by atoms with Crippen molar-refractivity contribution in [2.75, 3.05) is 7.05 Å². The number of nitrogens with zero attached hydrogens (tertiary/aromatic N) is 6. The van der Waals surface area contributed by atoms with Gasteiger partial charge >= 0.3 is 0 Å². The van der Waals surface area contributed by atoms with E-state index in [1.165, 1.54) is 11.1 Å². The molecule has 4 aromatic rings. The molecule has 0 radical (unpaired) electrons. The zero-order valence-corrected chi connectivity index (χ0v) is 18.1. The van der Waals surface area contributed by atoms with Crippen molar-refractivity contribution < 1.29 is 9.32 Å². The van der Waals surface area contributed by atoms with Gasteiger partial charge < -0.3 is 9.42 Å². The highest BCUT2D eigenvalue weighted by Gasteiger charge is 2.30. The minimum Gasteiger partial charge on any atom is -0.336 e. The van der Waals surface area contributed by atoms with Gasteiger partial charge in [-0.1, -0.05) is 47.1 Å². The summed E-state index contributed by atoms with van der Waals surface area (Å²) in [6, 6.07) is 13.8. The molecule has 4 heterocycles. The Balaban J connectivity index is 1.32. The van der Waals surface area contributed by atoms with Crippen LogP contribution < -0.4 is 0 Å². The van der Waals surface area contributed by atoms with E-state index in [-0.39, 0.29) is 5.91 Å². The zero-order chi connectivity index (χ0) is 21.8. The third-order valence-electron chi connectivity index (χ3n) is 6.01. The van der Waals surface area contributed by atoms with Gasteiger partial charge in [-0.3, -0.25) is 14.3 Å². The fraction of sp³-hybridized carbons (Fsp3) is 0.217. The van der Waals surface area contributed by atoms with E-state index < -0.39 is 0 Å². The molecule has 0 N–H and O–H groups in total. The van der Waals surface area contributed by atoms with E-state index in [0.29, 0.717) is 46.8 Å². The Morgan fingerprint density at radius 1 is 1.06 bits per heavy atom. The summed E-state index contributed by atoms with van der Waals surface area (Å²) < 4.78 is 7.46. The van der Waals surface area contributed by atoms with Gasteiger partial charge in [0.2, 0.25) is 0 Å². The molecule has 6 rings (SSSR count). The highest BCUT2D eigenvalue weighted by Crippen LogP contribution is 2.33. The summed E-state index contributed by atoms with van der Waals surface area (Å²) in [5, 5.41) is 4.60. The number of imidazole rings is 1. The first-order valence-corrected chi connectivity index (χ1v) is 10.7. The van der Waals surface area contributed by atoms with Gasteiger partial charge in [0.25, 0.3) is 11.8 Å². The third-order valence-corrected chi connectivity index (χ3v) is 6.32. The Labute approximate surface area is 189 Å². The monoisotopic (exact) mass is 446 g/mol. The highest BCUT2D eigenvalue weighted by molar-refractivity contribution is 6.34. The van der Waals surface area contributed by atoms with Crippen molar-refractivity contribution in [3.05, 3.63) is 82.0 Å². The van der Waals surface area contributed by atoms with E-state index in [0.717, 1.165) is 18.8 Å². The van der Waals surface area contributed by atoms with Gasteiger partial charge in [-0.15, -0.1) is 0 Å². The number of amides is 1. The fourth-order valence-corrected chi connectivity index (χ4v) is 4.70. The molecule has 0 atom stereocenters. The lowest BCUT2D eigenvalue weighted by Crippen LogP contribution is -2.25. The topological polar surface area (TPSA) is 80.3 Å². The summed E-state index contributed by atoms with van der Waals surface area (Å²) in [5.74, 6) is 0.813. The van der Waals surface area contributed by atoms with Crippen LogP contribution in [0.5, 0.6) is 0 Å². The number of hydrogen-bond acceptors (Lipinski definition) is 6. The first-order valence-electron chi connectivity index (χ1n) is 10.3. The number of carbonyl (C=O) groups is 1. The van der Waals surface area contributed by atoms with Crippen molar-refractivity contribution >= 4 is 17.5 Å². The second kappa shape index (κ2) is 7.29. The second-order valence-electron chi connectivity index (χ2n) is 8.13. The van der Waals surface area contributed by atoms with Crippen LogP contribution in [0.25, 0.3) is 17.3 Å². The molecule has 0 saturated carbocycles. The summed E-state index contributed by atoms with van der Waals surface area (Å²) in [7, 11) is 1.74. The van der Waals surface area contributed by atoms with Gasteiger partial charge in [-0.05, 0) is 23.3 Å². The molecule has 0 fully saturated rings. The smallest absolute Gasteiger partial charge is 0.278 e. The van der Waals surface area contributed by atoms with Crippen molar-refractivity contribution in [2.45, 2.75) is 26.2 Å². The third kappa shape index (κ3) is 3.03. The lowest BCUT2D eigenvalue weighted by molar-refractivity contribution is 0.0788. The molecule has 8 nitrogen and oxygen atoms in total. The van der Waals surface area contributed by atoms with Crippen LogP contribution in [-0.2, 0) is 26.2 Å². The maximum absolute atomic E-state index is 12.9. The minimum atomic E-state index is -0.139. The maximum atomic E-state index is 12.9. The molecule has 9 heteroatoms. The van der Waals surface area contributed by atoms with Gasteiger partial charge in [-0.25, -0.2) is 4.98 Å². The van der Waals surface area contributed by atoms with Crippen LogP contribution in [0.1, 0.15) is 33.0 Å². The maximum Gasteiger partial charge on any atom is 0.278 e. The lowest BCUT2D eigenvalue weighted by atomic mass is 10.1. The first kappa shape index (κ1) is 19.2. The van der Waals surface area contributed by atoms with Crippen LogP contribution in [0.2, 0.25) is 5.02 Å². The van der Waals surface area contributed by atoms with Crippen molar-refractivity contribution in [3.63, 3.8) is 0 Å². The lowest BCUT2D eigenvalue weighted by Gasteiger charge is -2.14. The van der Waals surface area contributed by atoms with Crippen molar-refractivity contribution in [3.8, 4) is 17.3 Å². The number of rotatable bonds is 3. The molecule has 0 bridgehead atoms. The van der Waals surface area contributed by atoms with E-state index in [1.54, 1.807) is 24.3 Å². The van der Waals surface area contributed by atoms with Gasteiger partial charge in [0, 0.05) is 20.1 Å². The molecule has 2 aliphatic rings. The van der Waals surface area contributed by atoms with Crippen LogP contribution in [0, 0.1) is 0 Å².